The Morgan fingerprint density at radius 2 is 2.30 bits per heavy atom. The van der Waals surface area contributed by atoms with Gasteiger partial charge in [-0.15, -0.1) is 0 Å². The number of thiazole rings is 1. The Labute approximate surface area is 61.1 Å². The number of halogens is 1. The van der Waals surface area contributed by atoms with Crippen molar-refractivity contribution in [3.05, 3.63) is 29.5 Å². The van der Waals surface area contributed by atoms with Gasteiger partial charge in [-0.1, -0.05) is 11.3 Å². The van der Waals surface area contributed by atoms with Crippen LogP contribution in [-0.2, 0) is 0 Å². The van der Waals surface area contributed by atoms with E-state index in [2.05, 4.69) is 4.98 Å². The van der Waals surface area contributed by atoms with E-state index in [0.717, 1.165) is 10.2 Å². The molecule has 2 rings (SSSR count). The lowest BCUT2D eigenvalue weighted by atomic mass is 10.3. The fourth-order valence-corrected chi connectivity index (χ4v) is 1.62. The number of hydrogen-bond acceptors (Lipinski definition) is 1. The second kappa shape index (κ2) is 2.02. The number of H-pyrrole nitrogens is 1. The van der Waals surface area contributed by atoms with Crippen molar-refractivity contribution in [2.75, 3.05) is 0 Å². The Balaban J connectivity index is 2.86. The average Bonchev–Trinajstić information content (AvgIpc) is 2.33. The lowest BCUT2D eigenvalue weighted by Crippen LogP contribution is -1.92. The molecule has 0 saturated carbocycles. The zero-order valence-corrected chi connectivity index (χ0v) is 5.91. The van der Waals surface area contributed by atoms with E-state index in [1.165, 1.54) is 23.5 Å². The van der Waals surface area contributed by atoms with Crippen LogP contribution >= 0.6 is 11.3 Å². The normalized spacial score (nSPS) is 10.5. The van der Waals surface area contributed by atoms with Gasteiger partial charge in [-0.25, -0.2) is 9.37 Å². The predicted molar refractivity (Wildman–Crippen MR) is 38.3 cm³/mol. The molecule has 1 aromatic heterocycles. The summed E-state index contributed by atoms with van der Waals surface area (Å²) in [4.78, 5) is 3.00. The summed E-state index contributed by atoms with van der Waals surface area (Å²) in [5, 5.41) is 0. The molecule has 3 heteroatoms. The quantitative estimate of drug-likeness (QED) is 0.550. The van der Waals surface area contributed by atoms with E-state index in [1.54, 1.807) is 6.07 Å². The van der Waals surface area contributed by atoms with Gasteiger partial charge in [0.25, 0.3) is 0 Å². The molecule has 1 nitrogen and oxygen atoms in total. The Morgan fingerprint density at radius 3 is 3.20 bits per heavy atom. The van der Waals surface area contributed by atoms with Crippen LogP contribution < -0.4 is 4.98 Å². The Hall–Kier alpha value is -0.960. The van der Waals surface area contributed by atoms with E-state index in [9.17, 15) is 4.39 Å². The zero-order valence-electron chi connectivity index (χ0n) is 5.10. The number of aromatic nitrogens is 1. The highest BCUT2D eigenvalue weighted by atomic mass is 32.1. The maximum absolute atomic E-state index is 12.5. The largest absolute Gasteiger partial charge is 0.224 e. The van der Waals surface area contributed by atoms with E-state index in [1.807, 2.05) is 5.51 Å². The van der Waals surface area contributed by atoms with Crippen molar-refractivity contribution in [1.82, 2.24) is 0 Å². The zero-order chi connectivity index (χ0) is 6.97. The SMILES string of the molecule is Fc1ccc2[nH+]csc2c1. The highest BCUT2D eigenvalue weighted by molar-refractivity contribution is 7.16. The molecule has 0 unspecified atom stereocenters. The number of rotatable bonds is 0. The monoisotopic (exact) mass is 154 g/mol. The molecular formula is C7H5FNS+. The van der Waals surface area contributed by atoms with Gasteiger partial charge in [0.15, 0.2) is 0 Å². The van der Waals surface area contributed by atoms with Crippen LogP contribution in [0.4, 0.5) is 4.39 Å². The molecule has 0 bridgehead atoms. The molecule has 2 aromatic rings. The summed E-state index contributed by atoms with van der Waals surface area (Å²) >= 11 is 1.51. The van der Waals surface area contributed by atoms with Crippen LogP contribution in [0.25, 0.3) is 10.2 Å². The molecule has 1 heterocycles. The van der Waals surface area contributed by atoms with E-state index >= 15 is 0 Å². The minimum atomic E-state index is -0.177. The molecule has 0 aliphatic carbocycles. The van der Waals surface area contributed by atoms with Gasteiger partial charge in [0.2, 0.25) is 11.0 Å². The summed E-state index contributed by atoms with van der Waals surface area (Å²) in [7, 11) is 0. The van der Waals surface area contributed by atoms with E-state index in [4.69, 9.17) is 0 Å². The molecule has 0 radical (unpaired) electrons. The molecule has 0 amide bonds. The highest BCUT2D eigenvalue weighted by Crippen LogP contribution is 2.14. The van der Waals surface area contributed by atoms with Crippen LogP contribution in [0, 0.1) is 5.82 Å². The van der Waals surface area contributed by atoms with Crippen molar-refractivity contribution in [2.24, 2.45) is 0 Å². The van der Waals surface area contributed by atoms with Gasteiger partial charge in [0.1, 0.15) is 10.5 Å². The second-order valence-electron chi connectivity index (χ2n) is 2.02. The van der Waals surface area contributed by atoms with E-state index < -0.39 is 0 Å². The summed E-state index contributed by atoms with van der Waals surface area (Å²) in [6.45, 7) is 0. The van der Waals surface area contributed by atoms with Crippen LogP contribution in [0.2, 0.25) is 0 Å². The molecule has 0 aliphatic heterocycles. The number of hydrogen-bond donors (Lipinski definition) is 0. The minimum absolute atomic E-state index is 0.177. The van der Waals surface area contributed by atoms with Crippen LogP contribution in [0.3, 0.4) is 0 Å². The van der Waals surface area contributed by atoms with Gasteiger partial charge < -0.3 is 0 Å². The van der Waals surface area contributed by atoms with Gasteiger partial charge in [0.05, 0.1) is 0 Å². The fraction of sp³-hybridized carbons (Fsp3) is 0. The van der Waals surface area contributed by atoms with Crippen molar-refractivity contribution in [2.45, 2.75) is 0 Å². The first-order valence-corrected chi connectivity index (χ1v) is 3.79. The maximum atomic E-state index is 12.5. The standard InChI is InChI=1S/C7H4FNS/c8-5-1-2-6-7(3-5)10-4-9-6/h1-4H/p+1. The Morgan fingerprint density at radius 1 is 1.40 bits per heavy atom. The second-order valence-corrected chi connectivity index (χ2v) is 2.93. The van der Waals surface area contributed by atoms with Crippen molar-refractivity contribution < 1.29 is 9.37 Å². The van der Waals surface area contributed by atoms with E-state index in [0.29, 0.717) is 0 Å². The summed E-state index contributed by atoms with van der Waals surface area (Å²) < 4.78 is 13.5. The third kappa shape index (κ3) is 0.789. The molecule has 0 spiro atoms. The van der Waals surface area contributed by atoms with Gasteiger partial charge in [-0.05, 0) is 12.1 Å². The Bertz CT molecular complexity index is 355. The number of fused-ring (bicyclic) bond motifs is 1. The molecule has 0 fully saturated rings. The lowest BCUT2D eigenvalue weighted by molar-refractivity contribution is -0.338. The van der Waals surface area contributed by atoms with Gasteiger partial charge in [-0.3, -0.25) is 0 Å². The summed E-state index contributed by atoms with van der Waals surface area (Å²) in [5.74, 6) is -0.177. The smallest absolute Gasteiger partial charge is 0.207 e. The molecule has 0 aliphatic rings. The first kappa shape index (κ1) is 5.80. The van der Waals surface area contributed by atoms with Crippen molar-refractivity contribution >= 4 is 21.6 Å². The predicted octanol–water partition coefficient (Wildman–Crippen LogP) is 1.85. The average molecular weight is 154 g/mol. The molecular weight excluding hydrogens is 149 g/mol. The van der Waals surface area contributed by atoms with E-state index in [-0.39, 0.29) is 5.82 Å². The van der Waals surface area contributed by atoms with Crippen LogP contribution in [0.15, 0.2) is 23.7 Å². The van der Waals surface area contributed by atoms with Crippen LogP contribution in [-0.4, -0.2) is 0 Å². The van der Waals surface area contributed by atoms with Crippen molar-refractivity contribution in [3.63, 3.8) is 0 Å². The molecule has 0 saturated heterocycles. The summed E-state index contributed by atoms with van der Waals surface area (Å²) in [6, 6.07) is 4.71. The van der Waals surface area contributed by atoms with Crippen molar-refractivity contribution in [1.29, 1.82) is 0 Å². The van der Waals surface area contributed by atoms with Crippen molar-refractivity contribution in [3.8, 4) is 0 Å². The third-order valence-corrected chi connectivity index (χ3v) is 2.17. The topological polar surface area (TPSA) is 14.1 Å². The third-order valence-electron chi connectivity index (χ3n) is 1.34. The fourth-order valence-electron chi connectivity index (χ4n) is 0.869. The van der Waals surface area contributed by atoms with Gasteiger partial charge in [-0.2, -0.15) is 0 Å². The molecule has 50 valence electrons. The lowest BCUT2D eigenvalue weighted by Gasteiger charge is -1.81. The molecule has 0 atom stereocenters. The first-order chi connectivity index (χ1) is 4.86. The number of nitrogens with one attached hydrogen (secondary N) is 1. The molecule has 10 heavy (non-hydrogen) atoms. The maximum Gasteiger partial charge on any atom is 0.224 e. The highest BCUT2D eigenvalue weighted by Gasteiger charge is 2.01. The van der Waals surface area contributed by atoms with Gasteiger partial charge in [0, 0.05) is 6.07 Å². The first-order valence-electron chi connectivity index (χ1n) is 2.91. The number of benzene rings is 1. The molecule has 1 aromatic carbocycles. The van der Waals surface area contributed by atoms with Gasteiger partial charge >= 0.3 is 0 Å². The molecule has 1 N–H and O–H groups in total. The Kier molecular flexibility index (Phi) is 1.17. The van der Waals surface area contributed by atoms with Crippen LogP contribution in [0.5, 0.6) is 0 Å². The summed E-state index contributed by atoms with van der Waals surface area (Å²) in [5.41, 5.74) is 2.83. The number of aromatic amines is 1. The minimum Gasteiger partial charge on any atom is -0.207 e. The van der Waals surface area contributed by atoms with Crippen LogP contribution in [0.1, 0.15) is 0 Å². The summed E-state index contributed by atoms with van der Waals surface area (Å²) in [6.07, 6.45) is 0.